The van der Waals surface area contributed by atoms with E-state index in [1.54, 1.807) is 66.7 Å². The number of nitrogens with zero attached hydrogens (tertiary/aromatic N) is 1. The summed E-state index contributed by atoms with van der Waals surface area (Å²) in [5, 5.41) is 22.8. The summed E-state index contributed by atoms with van der Waals surface area (Å²) in [6.45, 7) is 3.31. The SMILES string of the molecule is COCC(=O)[C@H](C)NC(=O)[C@@H]1Cc2ccc(O)c(c2)-c2cc(ccc2OCCN)[C@H](N(C)C(=O)[C@H](CCCCN)NC(=O)c2ccc(-c3ccc(Cl)cc3)cc2)C(=O)N[C@@H](C)C(=O)N1. The average molecular weight is 898 g/mol. The van der Waals surface area contributed by atoms with Crippen molar-refractivity contribution in [3.63, 3.8) is 0 Å². The molecule has 5 amide bonds. The normalized spacial score (nSPS) is 17.1. The number of Topliss-reactive ketones (excluding diaryl/α,β-unsaturated/α-hetero) is 1. The van der Waals surface area contributed by atoms with Gasteiger partial charge >= 0.3 is 0 Å². The van der Waals surface area contributed by atoms with Crippen LogP contribution in [-0.2, 0) is 35.1 Å². The van der Waals surface area contributed by atoms with Crippen molar-refractivity contribution < 1.29 is 43.3 Å². The van der Waals surface area contributed by atoms with E-state index in [9.17, 15) is 33.9 Å². The van der Waals surface area contributed by atoms with Gasteiger partial charge in [0, 0.05) is 48.8 Å². The van der Waals surface area contributed by atoms with Crippen molar-refractivity contribution in [1.29, 1.82) is 0 Å². The lowest BCUT2D eigenvalue weighted by molar-refractivity contribution is -0.141. The molecule has 0 saturated carbocycles. The van der Waals surface area contributed by atoms with Crippen molar-refractivity contribution in [3.05, 3.63) is 107 Å². The maximum atomic E-state index is 14.7. The molecule has 0 fully saturated rings. The predicted molar refractivity (Wildman–Crippen MR) is 242 cm³/mol. The number of hydrogen-bond acceptors (Lipinski definition) is 11. The van der Waals surface area contributed by atoms with Gasteiger partial charge < -0.3 is 52.2 Å². The van der Waals surface area contributed by atoms with Crippen LogP contribution in [0.15, 0.2) is 84.9 Å². The van der Waals surface area contributed by atoms with Crippen molar-refractivity contribution in [3.8, 4) is 33.8 Å². The highest BCUT2D eigenvalue weighted by Crippen LogP contribution is 2.39. The van der Waals surface area contributed by atoms with Gasteiger partial charge in [0.05, 0.1) is 6.04 Å². The Morgan fingerprint density at radius 2 is 1.56 bits per heavy atom. The van der Waals surface area contributed by atoms with Gasteiger partial charge in [0.25, 0.3) is 5.91 Å². The molecule has 0 aliphatic carbocycles. The molecule has 64 heavy (non-hydrogen) atoms. The standard InChI is InChI=1S/C47H56ClN7O9/c1-27(40(57)26-63-4)51-45(60)38-24-29-8-18-39(56)35(23-29)36-25-33(15-19-41(36)64-22-21-50)42(46(61)52-28(2)43(58)54-38)55(3)47(62)37(7-5-6-20-49)53-44(59)32-11-9-30(10-12-32)31-13-16-34(48)17-14-31/h8-19,23,25,27-28,37-38,42,56H,5-7,20-22,24,26,49-50H2,1-4H3,(H,51,60)(H,52,61)(H,53,59)(H,54,58)/t27-,28-,37-,38-,42-/m0/s1. The zero-order chi connectivity index (χ0) is 46.5. The van der Waals surface area contributed by atoms with Crippen LogP contribution in [0.2, 0.25) is 5.02 Å². The molecule has 0 saturated heterocycles. The number of hydrogen-bond donors (Lipinski definition) is 7. The molecule has 1 heterocycles. The number of fused-ring (bicyclic) bond motifs is 5. The molecular formula is C47H56ClN7O9. The number of phenols is 1. The van der Waals surface area contributed by atoms with E-state index in [1.165, 1.54) is 39.0 Å². The van der Waals surface area contributed by atoms with E-state index in [2.05, 4.69) is 21.3 Å². The van der Waals surface area contributed by atoms with Crippen LogP contribution in [0.25, 0.3) is 22.3 Å². The number of carbonyl (C=O) groups excluding carboxylic acids is 6. The van der Waals surface area contributed by atoms with Crippen molar-refractivity contribution in [2.24, 2.45) is 11.5 Å². The monoisotopic (exact) mass is 897 g/mol. The van der Waals surface area contributed by atoms with Gasteiger partial charge in [-0.3, -0.25) is 28.8 Å². The van der Waals surface area contributed by atoms with Gasteiger partial charge in [-0.05, 0) is 110 Å². The first-order valence-corrected chi connectivity index (χ1v) is 21.4. The number of benzene rings is 4. The van der Waals surface area contributed by atoms with Crippen LogP contribution in [0, 0.1) is 0 Å². The van der Waals surface area contributed by atoms with E-state index in [0.717, 1.165) is 11.1 Å². The van der Waals surface area contributed by atoms with Crippen LogP contribution in [0.4, 0.5) is 0 Å². The van der Waals surface area contributed by atoms with Gasteiger partial charge in [0.15, 0.2) is 5.78 Å². The molecule has 340 valence electrons. The molecule has 1 aliphatic rings. The Balaban J connectivity index is 1.53. The Bertz CT molecular complexity index is 2310. The highest BCUT2D eigenvalue weighted by molar-refractivity contribution is 6.30. The van der Waals surface area contributed by atoms with Gasteiger partial charge in [-0.25, -0.2) is 0 Å². The predicted octanol–water partition coefficient (Wildman–Crippen LogP) is 3.41. The third-order valence-corrected chi connectivity index (χ3v) is 11.1. The van der Waals surface area contributed by atoms with E-state index in [1.807, 2.05) is 12.1 Å². The fourth-order valence-corrected chi connectivity index (χ4v) is 7.41. The van der Waals surface area contributed by atoms with E-state index >= 15 is 0 Å². The first-order valence-electron chi connectivity index (χ1n) is 21.0. The number of rotatable bonds is 17. The summed E-state index contributed by atoms with van der Waals surface area (Å²) >= 11 is 6.06. The van der Waals surface area contributed by atoms with Crippen LogP contribution in [0.1, 0.15) is 60.6 Å². The highest BCUT2D eigenvalue weighted by atomic mass is 35.5. The summed E-state index contributed by atoms with van der Waals surface area (Å²) in [5.41, 5.74) is 15.1. The van der Waals surface area contributed by atoms with Gasteiger partial charge in [-0.15, -0.1) is 0 Å². The summed E-state index contributed by atoms with van der Waals surface area (Å²) in [4.78, 5) is 84.2. The number of ketones is 1. The fourth-order valence-electron chi connectivity index (χ4n) is 7.28. The molecule has 0 spiro atoms. The fraction of sp³-hybridized carbons (Fsp3) is 0.362. The molecule has 0 radical (unpaired) electrons. The van der Waals surface area contributed by atoms with Crippen LogP contribution >= 0.6 is 11.6 Å². The largest absolute Gasteiger partial charge is 0.507 e. The van der Waals surface area contributed by atoms with Gasteiger partial charge in [0.1, 0.15) is 48.9 Å². The molecule has 9 N–H and O–H groups in total. The van der Waals surface area contributed by atoms with Gasteiger partial charge in [-0.2, -0.15) is 0 Å². The van der Waals surface area contributed by atoms with Crippen molar-refractivity contribution in [1.82, 2.24) is 26.2 Å². The molecule has 5 rings (SSSR count). The Hall–Kier alpha value is -6.33. The number of unbranched alkanes of at least 4 members (excludes halogenated alkanes) is 1. The molecule has 0 unspecified atom stereocenters. The van der Waals surface area contributed by atoms with E-state index < -0.39 is 65.5 Å². The topological polar surface area (TPSA) is 245 Å². The smallest absolute Gasteiger partial charge is 0.251 e. The number of amides is 5. The van der Waals surface area contributed by atoms with Gasteiger partial charge in [0.2, 0.25) is 23.6 Å². The first-order chi connectivity index (χ1) is 30.6. The Labute approximate surface area is 377 Å². The molecule has 4 aromatic rings. The number of halogens is 1. The summed E-state index contributed by atoms with van der Waals surface area (Å²) in [6, 6.07) is 17.7. The molecule has 1 aliphatic heterocycles. The van der Waals surface area contributed by atoms with Crippen LogP contribution in [0.3, 0.4) is 0 Å². The second kappa shape index (κ2) is 22.9. The van der Waals surface area contributed by atoms with E-state index in [-0.39, 0.29) is 49.5 Å². The quantitative estimate of drug-likeness (QED) is 0.0758. The molecule has 4 aromatic carbocycles. The third kappa shape index (κ3) is 12.4. The molecular weight excluding hydrogens is 842 g/mol. The number of phenolic OH excluding ortho intramolecular Hbond substituents is 1. The van der Waals surface area contributed by atoms with Crippen molar-refractivity contribution >= 4 is 46.9 Å². The highest BCUT2D eigenvalue weighted by Gasteiger charge is 2.36. The Morgan fingerprint density at radius 1 is 0.875 bits per heavy atom. The second-order valence-corrected chi connectivity index (χ2v) is 16.1. The van der Waals surface area contributed by atoms with Crippen LogP contribution in [0.5, 0.6) is 11.5 Å². The van der Waals surface area contributed by atoms with E-state index in [0.29, 0.717) is 46.8 Å². The lowest BCUT2D eigenvalue weighted by Gasteiger charge is -2.32. The number of nitrogens with one attached hydrogen (secondary N) is 4. The van der Waals surface area contributed by atoms with Crippen molar-refractivity contribution in [2.45, 2.75) is 69.7 Å². The minimum Gasteiger partial charge on any atom is -0.507 e. The average Bonchev–Trinajstić information content (AvgIpc) is 3.28. The minimum atomic E-state index is -1.40. The summed E-state index contributed by atoms with van der Waals surface area (Å²) in [6.07, 6.45) is 1.16. The summed E-state index contributed by atoms with van der Waals surface area (Å²) < 4.78 is 10.9. The van der Waals surface area contributed by atoms with Crippen molar-refractivity contribution in [2.75, 3.05) is 40.5 Å². The first kappa shape index (κ1) is 48.7. The number of nitrogens with two attached hydrogens (primary N) is 2. The number of likely N-dealkylation sites (N-methyl/N-ethyl adjacent to an activating group) is 1. The van der Waals surface area contributed by atoms with Crippen LogP contribution < -0.4 is 37.5 Å². The zero-order valence-electron chi connectivity index (χ0n) is 36.3. The number of methoxy groups -OCH3 is 1. The maximum Gasteiger partial charge on any atom is 0.251 e. The Morgan fingerprint density at radius 3 is 2.22 bits per heavy atom. The summed E-state index contributed by atoms with van der Waals surface area (Å²) in [5.74, 6) is -3.55. The number of aromatic hydroxyl groups is 1. The second-order valence-electron chi connectivity index (χ2n) is 15.6. The Kier molecular flexibility index (Phi) is 17.4. The molecule has 5 atom stereocenters. The van der Waals surface area contributed by atoms with E-state index in [4.69, 9.17) is 32.5 Å². The molecule has 4 bridgehead atoms. The third-order valence-electron chi connectivity index (χ3n) is 10.9. The lowest BCUT2D eigenvalue weighted by atomic mass is 9.93. The molecule has 0 aromatic heterocycles. The van der Waals surface area contributed by atoms with Gasteiger partial charge in [-0.1, -0.05) is 48.0 Å². The number of ether oxygens (including phenoxy) is 2. The van der Waals surface area contributed by atoms with Crippen LogP contribution in [-0.4, -0.2) is 110 Å². The minimum absolute atomic E-state index is 0.0704. The number of carbonyl (C=O) groups is 6. The zero-order valence-corrected chi connectivity index (χ0v) is 37.1. The summed E-state index contributed by atoms with van der Waals surface area (Å²) in [7, 11) is 2.78. The maximum absolute atomic E-state index is 14.7. The molecule has 17 heteroatoms. The lowest BCUT2D eigenvalue weighted by Crippen LogP contribution is -2.57. The molecule has 16 nitrogen and oxygen atoms in total.